The lowest BCUT2D eigenvalue weighted by Gasteiger charge is -2.25. The second kappa shape index (κ2) is 7.50. The molecule has 0 spiro atoms. The van der Waals surface area contributed by atoms with Gasteiger partial charge in [0, 0.05) is 18.2 Å². The Morgan fingerprint density at radius 1 is 1.50 bits per heavy atom. The number of aliphatic hydroxyl groups excluding tert-OH is 1. The molecule has 112 valence electrons. The zero-order valence-electron chi connectivity index (χ0n) is 12.1. The molecule has 0 aliphatic rings. The maximum atomic E-state index is 12.0. The predicted molar refractivity (Wildman–Crippen MR) is 80.0 cm³/mol. The molecule has 0 bridgehead atoms. The lowest BCUT2D eigenvalue weighted by atomic mass is 9.90. The van der Waals surface area contributed by atoms with E-state index in [9.17, 15) is 4.79 Å². The van der Waals surface area contributed by atoms with Gasteiger partial charge in [0.2, 0.25) is 0 Å². The van der Waals surface area contributed by atoms with Crippen LogP contribution in [0.3, 0.4) is 0 Å². The van der Waals surface area contributed by atoms with Crippen LogP contribution in [0.25, 0.3) is 0 Å². The van der Waals surface area contributed by atoms with Crippen molar-refractivity contribution in [2.24, 2.45) is 5.41 Å². The fraction of sp³-hybridized carbons (Fsp3) is 0.533. The fourth-order valence-corrected chi connectivity index (χ4v) is 1.84. The van der Waals surface area contributed by atoms with E-state index >= 15 is 0 Å². The van der Waals surface area contributed by atoms with Crippen molar-refractivity contribution in [3.63, 3.8) is 0 Å². The Labute approximate surface area is 125 Å². The standard InChI is InChI=1S/C15H22ClNO3/c1-11(20-13-6-4-5-12(16)9-13)14(19)17-10-15(2,3)7-8-18/h4-6,9,11,18H,7-8,10H2,1-3H3,(H,17,19). The van der Waals surface area contributed by atoms with E-state index in [0.29, 0.717) is 23.7 Å². The summed E-state index contributed by atoms with van der Waals surface area (Å²) in [5, 5.41) is 12.4. The first-order valence-electron chi connectivity index (χ1n) is 6.65. The summed E-state index contributed by atoms with van der Waals surface area (Å²) in [6.07, 6.45) is 0.0370. The minimum absolute atomic E-state index is 0.109. The largest absolute Gasteiger partial charge is 0.481 e. The van der Waals surface area contributed by atoms with Gasteiger partial charge in [0.25, 0.3) is 5.91 Å². The average Bonchev–Trinajstić information content (AvgIpc) is 2.36. The van der Waals surface area contributed by atoms with Crippen LogP contribution in [0.2, 0.25) is 5.02 Å². The molecule has 0 radical (unpaired) electrons. The second-order valence-corrected chi connectivity index (χ2v) is 6.01. The summed E-state index contributed by atoms with van der Waals surface area (Å²) >= 11 is 5.86. The van der Waals surface area contributed by atoms with E-state index < -0.39 is 6.10 Å². The molecule has 0 fully saturated rings. The van der Waals surface area contributed by atoms with E-state index in [1.54, 1.807) is 31.2 Å². The first-order chi connectivity index (χ1) is 9.34. The number of hydrogen-bond donors (Lipinski definition) is 2. The Morgan fingerprint density at radius 3 is 2.80 bits per heavy atom. The Balaban J connectivity index is 2.47. The van der Waals surface area contributed by atoms with Crippen molar-refractivity contribution >= 4 is 17.5 Å². The van der Waals surface area contributed by atoms with Crippen molar-refractivity contribution < 1.29 is 14.6 Å². The third-order valence-electron chi connectivity index (χ3n) is 3.01. The number of hydrogen-bond acceptors (Lipinski definition) is 3. The molecule has 5 heteroatoms. The number of carbonyl (C=O) groups is 1. The van der Waals surface area contributed by atoms with Gasteiger partial charge in [0.15, 0.2) is 6.10 Å². The maximum absolute atomic E-state index is 12.0. The van der Waals surface area contributed by atoms with Crippen LogP contribution < -0.4 is 10.1 Å². The SMILES string of the molecule is CC(Oc1cccc(Cl)c1)C(=O)NCC(C)(C)CCO. The van der Waals surface area contributed by atoms with Gasteiger partial charge in [-0.25, -0.2) is 0 Å². The number of rotatable bonds is 7. The smallest absolute Gasteiger partial charge is 0.260 e. The quantitative estimate of drug-likeness (QED) is 0.814. The van der Waals surface area contributed by atoms with Gasteiger partial charge in [-0.15, -0.1) is 0 Å². The molecule has 2 N–H and O–H groups in total. The molecule has 0 aliphatic heterocycles. The minimum Gasteiger partial charge on any atom is -0.481 e. The van der Waals surface area contributed by atoms with Crippen LogP contribution in [0.1, 0.15) is 27.2 Å². The number of nitrogens with one attached hydrogen (secondary N) is 1. The highest BCUT2D eigenvalue weighted by molar-refractivity contribution is 6.30. The molecule has 1 rings (SSSR count). The molecule has 1 aromatic rings. The van der Waals surface area contributed by atoms with E-state index in [1.807, 2.05) is 13.8 Å². The van der Waals surface area contributed by atoms with Crippen molar-refractivity contribution in [1.29, 1.82) is 0 Å². The molecule has 1 amide bonds. The zero-order chi connectivity index (χ0) is 15.2. The van der Waals surface area contributed by atoms with E-state index in [2.05, 4.69) is 5.32 Å². The fourth-order valence-electron chi connectivity index (χ4n) is 1.66. The number of ether oxygens (including phenoxy) is 1. The number of carbonyl (C=O) groups excluding carboxylic acids is 1. The summed E-state index contributed by atoms with van der Waals surface area (Å²) in [5.74, 6) is 0.380. The summed E-state index contributed by atoms with van der Waals surface area (Å²) < 4.78 is 5.54. The molecule has 0 saturated carbocycles. The summed E-state index contributed by atoms with van der Waals surface area (Å²) in [6.45, 7) is 6.28. The van der Waals surface area contributed by atoms with Gasteiger partial charge in [-0.05, 0) is 37.0 Å². The van der Waals surface area contributed by atoms with Crippen molar-refractivity contribution in [3.05, 3.63) is 29.3 Å². The zero-order valence-corrected chi connectivity index (χ0v) is 12.9. The Bertz CT molecular complexity index is 448. The minimum atomic E-state index is -0.599. The number of aliphatic hydroxyl groups is 1. The van der Waals surface area contributed by atoms with Gasteiger partial charge < -0.3 is 15.2 Å². The van der Waals surface area contributed by atoms with Crippen molar-refractivity contribution in [2.75, 3.05) is 13.2 Å². The van der Waals surface area contributed by atoms with Crippen LogP contribution in [-0.4, -0.2) is 30.3 Å². The first kappa shape index (κ1) is 16.8. The molecule has 1 unspecified atom stereocenters. The van der Waals surface area contributed by atoms with Crippen LogP contribution in [0.4, 0.5) is 0 Å². The molecule has 1 atom stereocenters. The molecule has 0 aromatic heterocycles. The Kier molecular flexibility index (Phi) is 6.30. The van der Waals surface area contributed by atoms with Gasteiger partial charge in [0.1, 0.15) is 5.75 Å². The maximum Gasteiger partial charge on any atom is 0.260 e. The average molecular weight is 300 g/mol. The van der Waals surface area contributed by atoms with Crippen LogP contribution in [0, 0.1) is 5.41 Å². The number of benzene rings is 1. The van der Waals surface area contributed by atoms with Crippen LogP contribution in [0.15, 0.2) is 24.3 Å². The number of amides is 1. The Morgan fingerprint density at radius 2 is 2.20 bits per heavy atom. The first-order valence-corrected chi connectivity index (χ1v) is 7.03. The third kappa shape index (κ3) is 5.80. The highest BCUT2D eigenvalue weighted by Gasteiger charge is 2.21. The van der Waals surface area contributed by atoms with Gasteiger partial charge in [-0.2, -0.15) is 0 Å². The van der Waals surface area contributed by atoms with E-state index in [0.717, 1.165) is 0 Å². The van der Waals surface area contributed by atoms with Crippen molar-refractivity contribution in [1.82, 2.24) is 5.32 Å². The van der Waals surface area contributed by atoms with Gasteiger partial charge in [-0.3, -0.25) is 4.79 Å². The summed E-state index contributed by atoms with van der Waals surface area (Å²) in [5.41, 5.74) is -0.139. The number of halogens is 1. The van der Waals surface area contributed by atoms with Crippen molar-refractivity contribution in [3.8, 4) is 5.75 Å². The van der Waals surface area contributed by atoms with Gasteiger partial charge >= 0.3 is 0 Å². The van der Waals surface area contributed by atoms with Crippen LogP contribution in [-0.2, 0) is 4.79 Å². The molecular formula is C15H22ClNO3. The summed E-state index contributed by atoms with van der Waals surface area (Å²) in [6, 6.07) is 6.94. The summed E-state index contributed by atoms with van der Waals surface area (Å²) in [4.78, 5) is 12.0. The highest BCUT2D eigenvalue weighted by Crippen LogP contribution is 2.19. The monoisotopic (exact) mass is 299 g/mol. The molecule has 0 aliphatic carbocycles. The highest BCUT2D eigenvalue weighted by atomic mass is 35.5. The van der Waals surface area contributed by atoms with Crippen LogP contribution in [0.5, 0.6) is 5.75 Å². The Hall–Kier alpha value is -1.26. The predicted octanol–water partition coefficient (Wildman–Crippen LogP) is 2.63. The molecule has 4 nitrogen and oxygen atoms in total. The lowest BCUT2D eigenvalue weighted by Crippen LogP contribution is -2.41. The van der Waals surface area contributed by atoms with Gasteiger partial charge in [0.05, 0.1) is 0 Å². The molecule has 0 heterocycles. The molecular weight excluding hydrogens is 278 g/mol. The topological polar surface area (TPSA) is 58.6 Å². The van der Waals surface area contributed by atoms with Crippen molar-refractivity contribution in [2.45, 2.75) is 33.3 Å². The molecule has 20 heavy (non-hydrogen) atoms. The van der Waals surface area contributed by atoms with Gasteiger partial charge in [-0.1, -0.05) is 31.5 Å². The van der Waals surface area contributed by atoms with E-state index in [4.69, 9.17) is 21.4 Å². The summed E-state index contributed by atoms with van der Waals surface area (Å²) in [7, 11) is 0. The lowest BCUT2D eigenvalue weighted by molar-refractivity contribution is -0.127. The van der Waals surface area contributed by atoms with Crippen LogP contribution >= 0.6 is 11.6 Å². The third-order valence-corrected chi connectivity index (χ3v) is 3.24. The van der Waals surface area contributed by atoms with E-state index in [-0.39, 0.29) is 17.9 Å². The normalized spacial score (nSPS) is 12.8. The molecule has 1 aromatic carbocycles. The molecule has 0 saturated heterocycles. The second-order valence-electron chi connectivity index (χ2n) is 5.57. The van der Waals surface area contributed by atoms with E-state index in [1.165, 1.54) is 0 Å².